The number of amides is 2. The fourth-order valence-electron chi connectivity index (χ4n) is 2.56. The monoisotopic (exact) mass is 406 g/mol. The Morgan fingerprint density at radius 1 is 1.05 bits per heavy atom. The Morgan fingerprint density at radius 2 is 1.73 bits per heavy atom. The average Bonchev–Trinajstić information content (AvgIpc) is 2.60. The molecule has 4 nitrogen and oxygen atoms in total. The summed E-state index contributed by atoms with van der Waals surface area (Å²) >= 11 is 2.27. The minimum atomic E-state index is -0.116. The van der Waals surface area contributed by atoms with Crippen LogP contribution in [0.15, 0.2) is 48.5 Å². The van der Waals surface area contributed by atoms with E-state index in [1.165, 1.54) is 4.90 Å². The van der Waals surface area contributed by atoms with Crippen LogP contribution in [0.2, 0.25) is 0 Å². The highest BCUT2D eigenvalue weighted by Gasteiger charge is 2.29. The van der Waals surface area contributed by atoms with Crippen molar-refractivity contribution in [2.75, 3.05) is 18.5 Å². The summed E-state index contributed by atoms with van der Waals surface area (Å²) in [6, 6.07) is 15.2. The number of para-hydroxylation sites is 1. The number of halogens is 1. The molecule has 0 fully saturated rings. The SMILES string of the molecule is CN1CC(=O)N(Cc2ccccc2I)c2ccccc2C1=O. The molecule has 0 unspecified atom stereocenters. The van der Waals surface area contributed by atoms with Crippen molar-refractivity contribution < 1.29 is 9.59 Å². The van der Waals surface area contributed by atoms with Gasteiger partial charge < -0.3 is 9.80 Å². The summed E-state index contributed by atoms with van der Waals surface area (Å²) in [6.45, 7) is 0.563. The van der Waals surface area contributed by atoms with Gasteiger partial charge in [-0.1, -0.05) is 30.3 Å². The molecular weight excluding hydrogens is 391 g/mol. The number of fused-ring (bicyclic) bond motifs is 1. The van der Waals surface area contributed by atoms with Gasteiger partial charge in [-0.25, -0.2) is 0 Å². The van der Waals surface area contributed by atoms with Crippen molar-refractivity contribution in [2.45, 2.75) is 6.54 Å². The van der Waals surface area contributed by atoms with Gasteiger partial charge >= 0.3 is 0 Å². The number of nitrogens with zero attached hydrogens (tertiary/aromatic N) is 2. The van der Waals surface area contributed by atoms with Gasteiger partial charge in [0.25, 0.3) is 5.91 Å². The molecule has 0 radical (unpaired) electrons. The molecule has 2 aromatic carbocycles. The number of hydrogen-bond donors (Lipinski definition) is 0. The molecule has 0 saturated carbocycles. The van der Waals surface area contributed by atoms with Crippen LogP contribution in [0.25, 0.3) is 0 Å². The molecule has 2 aromatic rings. The van der Waals surface area contributed by atoms with Crippen LogP contribution in [-0.4, -0.2) is 30.3 Å². The van der Waals surface area contributed by atoms with Crippen molar-refractivity contribution in [2.24, 2.45) is 0 Å². The average molecular weight is 406 g/mol. The summed E-state index contributed by atoms with van der Waals surface area (Å²) in [5.74, 6) is -0.185. The molecule has 0 spiro atoms. The Morgan fingerprint density at radius 3 is 2.50 bits per heavy atom. The van der Waals surface area contributed by atoms with E-state index < -0.39 is 0 Å². The molecule has 2 amide bonds. The summed E-state index contributed by atoms with van der Waals surface area (Å²) in [5.41, 5.74) is 2.33. The van der Waals surface area contributed by atoms with Gasteiger partial charge in [0, 0.05) is 10.6 Å². The number of hydrogen-bond acceptors (Lipinski definition) is 2. The molecule has 22 heavy (non-hydrogen) atoms. The van der Waals surface area contributed by atoms with Crippen LogP contribution in [-0.2, 0) is 11.3 Å². The van der Waals surface area contributed by atoms with Crippen LogP contribution in [0.5, 0.6) is 0 Å². The predicted octanol–water partition coefficient (Wildman–Crippen LogP) is 2.91. The summed E-state index contributed by atoms with van der Waals surface area (Å²) in [7, 11) is 1.66. The number of carbonyl (C=O) groups is 2. The van der Waals surface area contributed by atoms with Crippen molar-refractivity contribution in [1.29, 1.82) is 0 Å². The Kier molecular flexibility index (Phi) is 4.15. The normalized spacial score (nSPS) is 14.8. The summed E-state index contributed by atoms with van der Waals surface area (Å²) in [6.07, 6.45) is 0. The maximum absolute atomic E-state index is 12.6. The molecule has 0 aliphatic carbocycles. The van der Waals surface area contributed by atoms with E-state index in [4.69, 9.17) is 0 Å². The van der Waals surface area contributed by atoms with Gasteiger partial charge in [0.05, 0.1) is 17.8 Å². The largest absolute Gasteiger partial charge is 0.332 e. The van der Waals surface area contributed by atoms with Crippen molar-refractivity contribution >= 4 is 40.1 Å². The maximum Gasteiger partial charge on any atom is 0.256 e. The van der Waals surface area contributed by atoms with Crippen molar-refractivity contribution in [1.82, 2.24) is 4.90 Å². The number of rotatable bonds is 2. The maximum atomic E-state index is 12.6. The first-order valence-electron chi connectivity index (χ1n) is 6.96. The quantitative estimate of drug-likeness (QED) is 0.720. The predicted molar refractivity (Wildman–Crippen MR) is 93.8 cm³/mol. The van der Waals surface area contributed by atoms with Crippen LogP contribution < -0.4 is 4.90 Å². The molecule has 3 rings (SSSR count). The van der Waals surface area contributed by atoms with E-state index in [2.05, 4.69) is 22.6 Å². The van der Waals surface area contributed by atoms with Crippen molar-refractivity contribution in [3.05, 3.63) is 63.2 Å². The van der Waals surface area contributed by atoms with E-state index in [-0.39, 0.29) is 18.4 Å². The third-order valence-electron chi connectivity index (χ3n) is 3.73. The molecule has 5 heteroatoms. The third kappa shape index (κ3) is 2.72. The minimum Gasteiger partial charge on any atom is -0.332 e. The lowest BCUT2D eigenvalue weighted by molar-refractivity contribution is -0.119. The molecule has 0 saturated heterocycles. The zero-order chi connectivity index (χ0) is 15.7. The second-order valence-corrected chi connectivity index (χ2v) is 6.41. The summed E-state index contributed by atoms with van der Waals surface area (Å²) in [5, 5.41) is 0. The number of benzene rings is 2. The lowest BCUT2D eigenvalue weighted by Gasteiger charge is -2.23. The Hall–Kier alpha value is -1.89. The fraction of sp³-hybridized carbons (Fsp3) is 0.176. The van der Waals surface area contributed by atoms with Gasteiger partial charge in [-0.3, -0.25) is 9.59 Å². The molecule has 0 aromatic heterocycles. The highest BCUT2D eigenvalue weighted by atomic mass is 127. The molecule has 1 aliphatic heterocycles. The number of anilines is 1. The second-order valence-electron chi connectivity index (χ2n) is 5.25. The Bertz CT molecular complexity index is 745. The van der Waals surface area contributed by atoms with E-state index >= 15 is 0 Å². The van der Waals surface area contributed by atoms with E-state index in [0.717, 1.165) is 9.13 Å². The molecule has 112 valence electrons. The van der Waals surface area contributed by atoms with E-state index in [1.54, 1.807) is 18.0 Å². The summed E-state index contributed by atoms with van der Waals surface area (Å²) < 4.78 is 1.11. The molecule has 0 atom stereocenters. The van der Waals surface area contributed by atoms with E-state index in [9.17, 15) is 9.59 Å². The smallest absolute Gasteiger partial charge is 0.256 e. The van der Waals surface area contributed by atoms with Crippen LogP contribution in [0.4, 0.5) is 5.69 Å². The first-order chi connectivity index (χ1) is 10.6. The zero-order valence-electron chi connectivity index (χ0n) is 12.1. The topological polar surface area (TPSA) is 40.6 Å². The van der Waals surface area contributed by atoms with Crippen molar-refractivity contribution in [3.63, 3.8) is 0 Å². The van der Waals surface area contributed by atoms with Crippen LogP contribution in [0.3, 0.4) is 0 Å². The fourth-order valence-corrected chi connectivity index (χ4v) is 3.12. The lowest BCUT2D eigenvalue weighted by atomic mass is 10.1. The lowest BCUT2D eigenvalue weighted by Crippen LogP contribution is -2.37. The van der Waals surface area contributed by atoms with Gasteiger partial charge in [-0.2, -0.15) is 0 Å². The van der Waals surface area contributed by atoms with E-state index in [0.29, 0.717) is 17.8 Å². The van der Waals surface area contributed by atoms with Crippen molar-refractivity contribution in [3.8, 4) is 0 Å². The van der Waals surface area contributed by atoms with Crippen LogP contribution in [0.1, 0.15) is 15.9 Å². The van der Waals surface area contributed by atoms with Crippen LogP contribution in [0, 0.1) is 3.57 Å². The van der Waals surface area contributed by atoms with Crippen LogP contribution >= 0.6 is 22.6 Å². The second kappa shape index (κ2) is 6.08. The number of likely N-dealkylation sites (N-methyl/N-ethyl adjacent to an activating group) is 1. The van der Waals surface area contributed by atoms with Gasteiger partial charge in [-0.15, -0.1) is 0 Å². The summed E-state index contributed by atoms with van der Waals surface area (Å²) in [4.78, 5) is 28.1. The first kappa shape index (κ1) is 15.0. The highest BCUT2D eigenvalue weighted by Crippen LogP contribution is 2.27. The minimum absolute atomic E-state index is 0.0690. The highest BCUT2D eigenvalue weighted by molar-refractivity contribution is 14.1. The van der Waals surface area contributed by atoms with Gasteiger partial charge in [0.15, 0.2) is 0 Å². The molecular formula is C17H15IN2O2. The zero-order valence-corrected chi connectivity index (χ0v) is 14.3. The third-order valence-corrected chi connectivity index (χ3v) is 4.78. The molecule has 0 bridgehead atoms. The molecule has 0 N–H and O–H groups in total. The molecule has 1 aliphatic rings. The first-order valence-corrected chi connectivity index (χ1v) is 8.04. The van der Waals surface area contributed by atoms with Gasteiger partial charge in [0.1, 0.15) is 6.54 Å². The Balaban J connectivity index is 2.06. The number of carbonyl (C=O) groups excluding carboxylic acids is 2. The van der Waals surface area contributed by atoms with E-state index in [1.807, 2.05) is 42.5 Å². The standard InChI is InChI=1S/C17H15IN2O2/c1-19-11-16(21)20(10-12-6-2-4-8-14(12)18)15-9-5-3-7-13(15)17(19)22/h2-9H,10-11H2,1H3. The molecule has 1 heterocycles. The Labute approximate surface area is 142 Å². The van der Waals surface area contributed by atoms with Gasteiger partial charge in [-0.05, 0) is 46.4 Å². The van der Waals surface area contributed by atoms with Gasteiger partial charge in [0.2, 0.25) is 5.91 Å².